The Morgan fingerprint density at radius 3 is 2.86 bits per heavy atom. The van der Waals surface area contributed by atoms with Gasteiger partial charge < -0.3 is 10.6 Å². The standard InChI is InChI=1S/C15H16FN3OS/c1-9-13(10-2-4-12(16)5-3-10)18-15(21-9)19-14(20)11-6-7-17-8-11/h2-5,11,17H,6-8H2,1H3,(H,18,19,20). The molecule has 0 radical (unpaired) electrons. The van der Waals surface area contributed by atoms with Gasteiger partial charge in [-0.3, -0.25) is 4.79 Å². The molecule has 110 valence electrons. The molecule has 2 aromatic rings. The number of aromatic nitrogens is 1. The molecular weight excluding hydrogens is 289 g/mol. The van der Waals surface area contributed by atoms with Crippen LogP contribution in [0, 0.1) is 18.7 Å². The summed E-state index contributed by atoms with van der Waals surface area (Å²) in [5, 5.41) is 6.65. The van der Waals surface area contributed by atoms with Crippen molar-refractivity contribution in [2.24, 2.45) is 5.92 Å². The summed E-state index contributed by atoms with van der Waals surface area (Å²) < 4.78 is 13.0. The van der Waals surface area contributed by atoms with E-state index in [9.17, 15) is 9.18 Å². The third-order valence-corrected chi connectivity index (χ3v) is 4.46. The Kier molecular flexibility index (Phi) is 3.98. The van der Waals surface area contributed by atoms with Crippen LogP contribution in [0.2, 0.25) is 0 Å². The number of hydrogen-bond acceptors (Lipinski definition) is 4. The number of hydrogen-bond donors (Lipinski definition) is 2. The van der Waals surface area contributed by atoms with E-state index >= 15 is 0 Å². The lowest BCUT2D eigenvalue weighted by Gasteiger charge is -2.06. The molecule has 21 heavy (non-hydrogen) atoms. The van der Waals surface area contributed by atoms with Gasteiger partial charge in [-0.2, -0.15) is 0 Å². The van der Waals surface area contributed by atoms with Gasteiger partial charge in [0.1, 0.15) is 5.82 Å². The maximum Gasteiger partial charge on any atom is 0.230 e. The minimum Gasteiger partial charge on any atom is -0.316 e. The van der Waals surface area contributed by atoms with Crippen LogP contribution in [0.3, 0.4) is 0 Å². The first-order chi connectivity index (χ1) is 10.1. The number of amides is 1. The molecule has 1 aliphatic heterocycles. The summed E-state index contributed by atoms with van der Waals surface area (Å²) in [6.07, 6.45) is 0.862. The molecule has 0 spiro atoms. The molecule has 1 aromatic carbocycles. The average molecular weight is 305 g/mol. The molecule has 2 heterocycles. The number of nitrogens with one attached hydrogen (secondary N) is 2. The highest BCUT2D eigenvalue weighted by molar-refractivity contribution is 7.16. The molecular formula is C15H16FN3OS. The number of carbonyl (C=O) groups excluding carboxylic acids is 1. The fourth-order valence-electron chi connectivity index (χ4n) is 2.41. The van der Waals surface area contributed by atoms with Gasteiger partial charge in [0.2, 0.25) is 5.91 Å². The number of thiazole rings is 1. The Balaban J connectivity index is 1.77. The molecule has 1 fully saturated rings. The van der Waals surface area contributed by atoms with E-state index in [1.807, 2.05) is 6.92 Å². The zero-order chi connectivity index (χ0) is 14.8. The molecule has 0 saturated carbocycles. The van der Waals surface area contributed by atoms with E-state index in [1.165, 1.54) is 23.5 Å². The van der Waals surface area contributed by atoms with E-state index in [2.05, 4.69) is 15.6 Å². The minimum absolute atomic E-state index is 0.0133. The summed E-state index contributed by atoms with van der Waals surface area (Å²) in [5.41, 5.74) is 1.65. The second-order valence-corrected chi connectivity index (χ2v) is 6.31. The van der Waals surface area contributed by atoms with E-state index in [0.717, 1.165) is 35.6 Å². The van der Waals surface area contributed by atoms with Crippen molar-refractivity contribution >= 4 is 22.4 Å². The summed E-state index contributed by atoms with van der Waals surface area (Å²) in [5.74, 6) is -0.239. The lowest BCUT2D eigenvalue weighted by Crippen LogP contribution is -2.24. The van der Waals surface area contributed by atoms with Gasteiger partial charge in [0.05, 0.1) is 11.6 Å². The Bertz CT molecular complexity index is 647. The summed E-state index contributed by atoms with van der Waals surface area (Å²) in [6.45, 7) is 3.56. The number of nitrogens with zero attached hydrogens (tertiary/aromatic N) is 1. The molecule has 1 aromatic heterocycles. The smallest absolute Gasteiger partial charge is 0.230 e. The second-order valence-electron chi connectivity index (χ2n) is 5.11. The van der Waals surface area contributed by atoms with Gasteiger partial charge in [0, 0.05) is 17.0 Å². The highest BCUT2D eigenvalue weighted by atomic mass is 32.1. The maximum absolute atomic E-state index is 13.0. The predicted molar refractivity (Wildman–Crippen MR) is 81.9 cm³/mol. The van der Waals surface area contributed by atoms with Crippen molar-refractivity contribution in [1.29, 1.82) is 0 Å². The third kappa shape index (κ3) is 3.11. The topological polar surface area (TPSA) is 54.0 Å². The van der Waals surface area contributed by atoms with Crippen LogP contribution in [0.15, 0.2) is 24.3 Å². The van der Waals surface area contributed by atoms with E-state index in [0.29, 0.717) is 5.13 Å². The van der Waals surface area contributed by atoms with Crippen LogP contribution in [0.1, 0.15) is 11.3 Å². The van der Waals surface area contributed by atoms with Gasteiger partial charge in [-0.1, -0.05) is 0 Å². The monoisotopic (exact) mass is 305 g/mol. The average Bonchev–Trinajstić information content (AvgIpc) is 3.10. The van der Waals surface area contributed by atoms with Crippen molar-refractivity contribution in [3.63, 3.8) is 0 Å². The molecule has 0 bridgehead atoms. The molecule has 0 aliphatic carbocycles. The number of rotatable bonds is 3. The van der Waals surface area contributed by atoms with Gasteiger partial charge in [0.25, 0.3) is 0 Å². The highest BCUT2D eigenvalue weighted by Crippen LogP contribution is 2.30. The maximum atomic E-state index is 13.0. The second kappa shape index (κ2) is 5.91. The van der Waals surface area contributed by atoms with Crippen molar-refractivity contribution in [3.05, 3.63) is 35.0 Å². The zero-order valence-corrected chi connectivity index (χ0v) is 12.5. The van der Waals surface area contributed by atoms with Crippen molar-refractivity contribution in [3.8, 4) is 11.3 Å². The Morgan fingerprint density at radius 1 is 1.43 bits per heavy atom. The molecule has 1 saturated heterocycles. The van der Waals surface area contributed by atoms with Crippen LogP contribution in [0.5, 0.6) is 0 Å². The molecule has 1 atom stereocenters. The Morgan fingerprint density at radius 2 is 2.19 bits per heavy atom. The first kappa shape index (κ1) is 14.2. The highest BCUT2D eigenvalue weighted by Gasteiger charge is 2.23. The van der Waals surface area contributed by atoms with Gasteiger partial charge in [-0.15, -0.1) is 11.3 Å². The first-order valence-corrected chi connectivity index (χ1v) is 7.70. The number of halogens is 1. The molecule has 2 N–H and O–H groups in total. The molecule has 1 aliphatic rings. The van der Waals surface area contributed by atoms with Crippen LogP contribution in [-0.2, 0) is 4.79 Å². The quantitative estimate of drug-likeness (QED) is 0.917. The number of benzene rings is 1. The molecule has 1 amide bonds. The predicted octanol–water partition coefficient (Wildman–Crippen LogP) is 2.81. The van der Waals surface area contributed by atoms with Crippen LogP contribution in [0.4, 0.5) is 9.52 Å². The fraction of sp³-hybridized carbons (Fsp3) is 0.333. The summed E-state index contributed by atoms with van der Waals surface area (Å²) in [7, 11) is 0. The van der Waals surface area contributed by atoms with Gasteiger partial charge in [0.15, 0.2) is 5.13 Å². The molecule has 3 rings (SSSR count). The number of anilines is 1. The Hall–Kier alpha value is -1.79. The number of aryl methyl sites for hydroxylation is 1. The van der Waals surface area contributed by atoms with Crippen LogP contribution < -0.4 is 10.6 Å². The van der Waals surface area contributed by atoms with Gasteiger partial charge in [-0.05, 0) is 44.2 Å². The van der Waals surface area contributed by atoms with Crippen LogP contribution >= 0.6 is 11.3 Å². The SMILES string of the molecule is Cc1sc(NC(=O)C2CCNC2)nc1-c1ccc(F)cc1. The molecule has 6 heteroatoms. The summed E-state index contributed by atoms with van der Waals surface area (Å²) >= 11 is 1.44. The van der Waals surface area contributed by atoms with Crippen LogP contribution in [0.25, 0.3) is 11.3 Å². The fourth-order valence-corrected chi connectivity index (χ4v) is 3.25. The van der Waals surface area contributed by atoms with E-state index in [1.54, 1.807) is 12.1 Å². The minimum atomic E-state index is -0.270. The van der Waals surface area contributed by atoms with Crippen molar-refractivity contribution in [2.45, 2.75) is 13.3 Å². The lowest BCUT2D eigenvalue weighted by atomic mass is 10.1. The Labute approximate surface area is 126 Å². The molecule has 4 nitrogen and oxygen atoms in total. The normalized spacial score (nSPS) is 17.9. The molecule has 1 unspecified atom stereocenters. The first-order valence-electron chi connectivity index (χ1n) is 6.88. The van der Waals surface area contributed by atoms with Crippen molar-refractivity contribution in [2.75, 3.05) is 18.4 Å². The van der Waals surface area contributed by atoms with E-state index in [-0.39, 0.29) is 17.6 Å². The third-order valence-electron chi connectivity index (χ3n) is 3.58. The van der Waals surface area contributed by atoms with E-state index in [4.69, 9.17) is 0 Å². The zero-order valence-electron chi connectivity index (χ0n) is 11.6. The largest absolute Gasteiger partial charge is 0.316 e. The van der Waals surface area contributed by atoms with Gasteiger partial charge in [-0.25, -0.2) is 9.37 Å². The van der Waals surface area contributed by atoms with Crippen molar-refractivity contribution in [1.82, 2.24) is 10.3 Å². The van der Waals surface area contributed by atoms with E-state index < -0.39 is 0 Å². The number of carbonyl (C=O) groups is 1. The lowest BCUT2D eigenvalue weighted by molar-refractivity contribution is -0.119. The summed E-state index contributed by atoms with van der Waals surface area (Å²) in [6, 6.07) is 6.22. The van der Waals surface area contributed by atoms with Crippen LogP contribution in [-0.4, -0.2) is 24.0 Å². The summed E-state index contributed by atoms with van der Waals surface area (Å²) in [4.78, 5) is 17.5. The van der Waals surface area contributed by atoms with Gasteiger partial charge >= 0.3 is 0 Å². The van der Waals surface area contributed by atoms with Crippen molar-refractivity contribution < 1.29 is 9.18 Å².